The molecule has 0 N–H and O–H groups in total. The molecule has 32 heavy (non-hydrogen) atoms. The van der Waals surface area contributed by atoms with Gasteiger partial charge in [-0.15, -0.1) is 0 Å². The van der Waals surface area contributed by atoms with Gasteiger partial charge in [-0.05, 0) is 59.7 Å². The van der Waals surface area contributed by atoms with E-state index >= 15 is 0 Å². The average Bonchev–Trinajstić information content (AvgIpc) is 2.79. The minimum absolute atomic E-state index is 0.175. The summed E-state index contributed by atoms with van der Waals surface area (Å²) in [5.41, 5.74) is 4.98. The number of nitrogens with zero attached hydrogens (tertiary/aromatic N) is 2. The van der Waals surface area contributed by atoms with Crippen LogP contribution in [0.25, 0.3) is 21.9 Å². The van der Waals surface area contributed by atoms with Crippen molar-refractivity contribution in [2.75, 3.05) is 7.05 Å². The smallest absolute Gasteiger partial charge is 0.271 e. The van der Waals surface area contributed by atoms with Gasteiger partial charge in [0.2, 0.25) is 0 Å². The molecular weight excluding hydrogens is 420 g/mol. The highest BCUT2D eigenvalue weighted by molar-refractivity contribution is 6.30. The monoisotopic (exact) mass is 444 g/mol. The predicted octanol–water partition coefficient (Wildman–Crippen LogP) is 5.75. The van der Waals surface area contributed by atoms with Crippen molar-refractivity contribution in [1.82, 2.24) is 9.47 Å². The first-order chi connectivity index (χ1) is 15.3. The third-order valence-electron chi connectivity index (χ3n) is 5.96. The number of hydrogen-bond donors (Lipinski definition) is 0. The van der Waals surface area contributed by atoms with Gasteiger partial charge in [0, 0.05) is 36.6 Å². The molecule has 5 heteroatoms. The molecule has 1 amide bonds. The number of benzene rings is 3. The molecule has 0 fully saturated rings. The van der Waals surface area contributed by atoms with E-state index in [2.05, 4.69) is 0 Å². The summed E-state index contributed by atoms with van der Waals surface area (Å²) in [4.78, 5) is 28.7. The zero-order valence-electron chi connectivity index (χ0n) is 18.6. The third kappa shape index (κ3) is 3.94. The molecule has 4 rings (SSSR count). The van der Waals surface area contributed by atoms with Crippen molar-refractivity contribution in [3.8, 4) is 11.1 Å². The minimum Gasteiger partial charge on any atom is -0.336 e. The minimum atomic E-state index is -0.210. The first-order valence-corrected chi connectivity index (χ1v) is 10.8. The number of amides is 1. The van der Waals surface area contributed by atoms with E-state index < -0.39 is 0 Å². The Morgan fingerprint density at radius 2 is 1.53 bits per heavy atom. The Labute approximate surface area is 192 Å². The van der Waals surface area contributed by atoms with Crippen LogP contribution in [0.3, 0.4) is 0 Å². The average molecular weight is 445 g/mol. The number of fused-ring (bicyclic) bond motifs is 1. The van der Waals surface area contributed by atoms with Crippen molar-refractivity contribution in [1.29, 1.82) is 0 Å². The third-order valence-corrected chi connectivity index (χ3v) is 6.21. The second-order valence-corrected chi connectivity index (χ2v) is 8.66. The van der Waals surface area contributed by atoms with Gasteiger partial charge in [-0.1, -0.05) is 60.1 Å². The predicted molar refractivity (Wildman–Crippen MR) is 131 cm³/mol. The van der Waals surface area contributed by atoms with Crippen molar-refractivity contribution < 1.29 is 4.79 Å². The van der Waals surface area contributed by atoms with Crippen LogP contribution in [0.1, 0.15) is 27.2 Å². The Balaban J connectivity index is 1.94. The highest BCUT2D eigenvalue weighted by Crippen LogP contribution is 2.32. The van der Waals surface area contributed by atoms with Crippen LogP contribution < -0.4 is 5.56 Å². The molecule has 0 aliphatic heterocycles. The molecule has 3 aromatic carbocycles. The lowest BCUT2D eigenvalue weighted by Gasteiger charge is -2.23. The van der Waals surface area contributed by atoms with Gasteiger partial charge >= 0.3 is 0 Å². The van der Waals surface area contributed by atoms with Gasteiger partial charge in [-0.25, -0.2) is 0 Å². The van der Waals surface area contributed by atoms with Gasteiger partial charge in [0.05, 0.1) is 0 Å². The summed E-state index contributed by atoms with van der Waals surface area (Å²) < 4.78 is 1.49. The van der Waals surface area contributed by atoms with E-state index in [1.165, 1.54) is 4.57 Å². The van der Waals surface area contributed by atoms with E-state index in [-0.39, 0.29) is 11.5 Å². The molecule has 162 valence electrons. The molecule has 0 unspecified atom stereocenters. The van der Waals surface area contributed by atoms with Crippen LogP contribution in [0, 0.1) is 13.8 Å². The van der Waals surface area contributed by atoms with Gasteiger partial charge in [0.1, 0.15) is 5.69 Å². The number of halogens is 1. The van der Waals surface area contributed by atoms with Crippen molar-refractivity contribution in [3.05, 3.63) is 104 Å². The van der Waals surface area contributed by atoms with E-state index in [0.29, 0.717) is 22.6 Å². The SMILES string of the molecule is Cc1cc2c(-c3ccccc3)c(C(=O)N(C)Cc3ccc(Cl)cc3)n(C)c(=O)c2cc1C. The lowest BCUT2D eigenvalue weighted by atomic mass is 9.93. The van der Waals surface area contributed by atoms with Crippen LogP contribution in [0.15, 0.2) is 71.5 Å². The lowest BCUT2D eigenvalue weighted by molar-refractivity contribution is 0.0775. The summed E-state index contributed by atoms with van der Waals surface area (Å²) in [6, 6.07) is 21.1. The Morgan fingerprint density at radius 1 is 0.938 bits per heavy atom. The van der Waals surface area contributed by atoms with Crippen LogP contribution in [0.5, 0.6) is 0 Å². The molecule has 4 nitrogen and oxygen atoms in total. The number of aromatic nitrogens is 1. The van der Waals surface area contributed by atoms with Gasteiger partial charge in [0.15, 0.2) is 0 Å². The van der Waals surface area contributed by atoms with Crippen LogP contribution in [0.2, 0.25) is 5.02 Å². The Bertz CT molecular complexity index is 1370. The van der Waals surface area contributed by atoms with Crippen molar-refractivity contribution in [2.24, 2.45) is 7.05 Å². The Morgan fingerprint density at radius 3 is 2.16 bits per heavy atom. The largest absolute Gasteiger partial charge is 0.336 e. The molecule has 1 heterocycles. The van der Waals surface area contributed by atoms with E-state index in [1.54, 1.807) is 19.0 Å². The quantitative estimate of drug-likeness (QED) is 0.402. The van der Waals surface area contributed by atoms with Gasteiger partial charge in [-0.3, -0.25) is 9.59 Å². The summed E-state index contributed by atoms with van der Waals surface area (Å²) in [5.74, 6) is -0.210. The van der Waals surface area contributed by atoms with Crippen LogP contribution in [0.4, 0.5) is 0 Å². The van der Waals surface area contributed by atoms with Gasteiger partial charge < -0.3 is 9.47 Å². The van der Waals surface area contributed by atoms with E-state index in [0.717, 1.165) is 33.2 Å². The van der Waals surface area contributed by atoms with E-state index in [1.807, 2.05) is 80.6 Å². The zero-order valence-corrected chi connectivity index (χ0v) is 19.4. The fourth-order valence-electron chi connectivity index (χ4n) is 4.04. The van der Waals surface area contributed by atoms with Gasteiger partial charge in [-0.2, -0.15) is 0 Å². The van der Waals surface area contributed by atoms with E-state index in [4.69, 9.17) is 11.6 Å². The number of aryl methyl sites for hydroxylation is 2. The fourth-order valence-corrected chi connectivity index (χ4v) is 4.17. The number of carbonyl (C=O) groups excluding carboxylic acids is 1. The summed E-state index contributed by atoms with van der Waals surface area (Å²) in [6.07, 6.45) is 0. The first-order valence-electron chi connectivity index (χ1n) is 10.5. The molecule has 4 aromatic rings. The van der Waals surface area contributed by atoms with Crippen molar-refractivity contribution in [2.45, 2.75) is 20.4 Å². The summed E-state index contributed by atoms with van der Waals surface area (Å²) >= 11 is 5.99. The lowest BCUT2D eigenvalue weighted by Crippen LogP contribution is -2.33. The molecule has 0 saturated carbocycles. The van der Waals surface area contributed by atoms with Crippen molar-refractivity contribution in [3.63, 3.8) is 0 Å². The normalized spacial score (nSPS) is 11.0. The highest BCUT2D eigenvalue weighted by Gasteiger charge is 2.24. The second kappa shape index (κ2) is 8.64. The molecule has 0 saturated heterocycles. The van der Waals surface area contributed by atoms with Gasteiger partial charge in [0.25, 0.3) is 11.5 Å². The maximum Gasteiger partial charge on any atom is 0.271 e. The number of hydrogen-bond acceptors (Lipinski definition) is 2. The molecule has 0 bridgehead atoms. The molecule has 0 atom stereocenters. The van der Waals surface area contributed by atoms with Crippen molar-refractivity contribution >= 4 is 28.3 Å². The number of carbonyl (C=O) groups is 1. The molecule has 1 aromatic heterocycles. The molecule has 0 radical (unpaired) electrons. The molecular formula is C27H25ClN2O2. The summed E-state index contributed by atoms with van der Waals surface area (Å²) in [6.45, 7) is 4.42. The van der Waals surface area contributed by atoms with E-state index in [9.17, 15) is 9.59 Å². The molecule has 0 aliphatic carbocycles. The Kier molecular flexibility index (Phi) is 5.90. The maximum atomic E-state index is 13.7. The van der Waals surface area contributed by atoms with Crippen LogP contribution in [-0.4, -0.2) is 22.4 Å². The zero-order chi connectivity index (χ0) is 23.0. The summed E-state index contributed by atoms with van der Waals surface area (Å²) in [7, 11) is 3.42. The van der Waals surface area contributed by atoms with Crippen LogP contribution >= 0.6 is 11.6 Å². The van der Waals surface area contributed by atoms with Crippen LogP contribution in [-0.2, 0) is 13.6 Å². The number of rotatable bonds is 4. The highest BCUT2D eigenvalue weighted by atomic mass is 35.5. The second-order valence-electron chi connectivity index (χ2n) is 8.22. The maximum absolute atomic E-state index is 13.7. The standard InChI is InChI=1S/C27H25ClN2O2/c1-17-14-22-23(15-18(17)2)26(31)30(4)25(24(22)20-8-6-5-7-9-20)27(32)29(3)16-19-10-12-21(28)13-11-19/h5-15H,16H2,1-4H3. The topological polar surface area (TPSA) is 42.3 Å². The summed E-state index contributed by atoms with van der Waals surface area (Å²) in [5, 5.41) is 2.06. The fraction of sp³-hybridized carbons (Fsp3) is 0.185. The Hall–Kier alpha value is -3.37. The molecule has 0 aliphatic rings. The first kappa shape index (κ1) is 21.8. The molecule has 0 spiro atoms. The number of pyridine rings is 1.